The first-order valence-electron chi connectivity index (χ1n) is 6.75. The predicted molar refractivity (Wildman–Crippen MR) is 80.1 cm³/mol. The van der Waals surface area contributed by atoms with Crippen LogP contribution in [0.15, 0.2) is 0 Å². The van der Waals surface area contributed by atoms with Gasteiger partial charge in [-0.15, -0.1) is 0 Å². The van der Waals surface area contributed by atoms with Gasteiger partial charge in [0.25, 0.3) is 0 Å². The molecule has 0 spiro atoms. The van der Waals surface area contributed by atoms with E-state index < -0.39 is 29.2 Å². The Labute approximate surface area is 125 Å². The van der Waals surface area contributed by atoms with Gasteiger partial charge in [-0.05, 0) is 27.2 Å². The summed E-state index contributed by atoms with van der Waals surface area (Å²) in [5, 5.41) is 9.44. The van der Waals surface area contributed by atoms with Crippen LogP contribution in [0.2, 0.25) is 0 Å². The first-order valence-corrected chi connectivity index (χ1v) is 6.75. The summed E-state index contributed by atoms with van der Waals surface area (Å²) in [6.07, 6.45) is -0.362. The standard InChI is InChI=1S/C13H23BN2O5/c1-8(2)21-12(19)13(14,6-5-10(17)7-15)16-11(18)9(3)20-4/h7-9,15H,5-6,14H2,1-4H3,(H,16,18)/t9-,13?/m0/s1. The van der Waals surface area contributed by atoms with Crippen molar-refractivity contribution in [2.24, 2.45) is 0 Å². The smallest absolute Gasteiger partial charge is 0.322 e. The maximum atomic E-state index is 12.2. The van der Waals surface area contributed by atoms with Crippen LogP contribution in [-0.2, 0) is 23.9 Å². The number of nitrogens with one attached hydrogen (secondary N) is 2. The molecule has 0 bridgehead atoms. The van der Waals surface area contributed by atoms with Gasteiger partial charge in [-0.2, -0.15) is 0 Å². The van der Waals surface area contributed by atoms with Gasteiger partial charge < -0.3 is 20.2 Å². The molecular formula is C13H23BN2O5. The Morgan fingerprint density at radius 1 is 1.33 bits per heavy atom. The SMILES string of the molecule is BC(CCC(=O)C=N)(NC(=O)[C@H](C)OC)C(=O)OC(C)C. The molecule has 118 valence electrons. The van der Waals surface area contributed by atoms with Crippen LogP contribution >= 0.6 is 0 Å². The zero-order valence-corrected chi connectivity index (χ0v) is 13.2. The molecule has 0 aliphatic carbocycles. The fourth-order valence-electron chi connectivity index (χ4n) is 1.49. The average molecular weight is 298 g/mol. The maximum Gasteiger partial charge on any atom is 0.322 e. The maximum absolute atomic E-state index is 12.2. The molecular weight excluding hydrogens is 275 g/mol. The van der Waals surface area contributed by atoms with Gasteiger partial charge in [0, 0.05) is 13.5 Å². The minimum absolute atomic E-state index is 0.0329. The number of carbonyl (C=O) groups excluding carboxylic acids is 3. The van der Waals surface area contributed by atoms with Gasteiger partial charge in [-0.3, -0.25) is 14.4 Å². The number of hydrogen-bond donors (Lipinski definition) is 2. The van der Waals surface area contributed by atoms with Crippen LogP contribution in [0.25, 0.3) is 0 Å². The Balaban J connectivity index is 5.05. The van der Waals surface area contributed by atoms with E-state index in [0.29, 0.717) is 6.21 Å². The summed E-state index contributed by atoms with van der Waals surface area (Å²) in [7, 11) is 2.88. The van der Waals surface area contributed by atoms with E-state index in [0.717, 1.165) is 0 Å². The van der Waals surface area contributed by atoms with E-state index in [2.05, 4.69) is 5.32 Å². The fraction of sp³-hybridized carbons (Fsp3) is 0.692. The van der Waals surface area contributed by atoms with E-state index >= 15 is 0 Å². The highest BCUT2D eigenvalue weighted by atomic mass is 16.5. The molecule has 1 amide bonds. The van der Waals surface area contributed by atoms with Gasteiger partial charge in [0.1, 0.15) is 19.4 Å². The lowest BCUT2D eigenvalue weighted by molar-refractivity contribution is -0.154. The molecule has 7 nitrogen and oxygen atoms in total. The summed E-state index contributed by atoms with van der Waals surface area (Å²) in [5.74, 6) is -1.51. The number of carbonyl (C=O) groups is 3. The third kappa shape index (κ3) is 6.53. The van der Waals surface area contributed by atoms with Gasteiger partial charge in [-0.25, -0.2) is 0 Å². The van der Waals surface area contributed by atoms with Gasteiger partial charge in [0.15, 0.2) is 5.78 Å². The molecule has 0 fully saturated rings. The summed E-state index contributed by atoms with van der Waals surface area (Å²) in [5.41, 5.74) is -1.34. The molecule has 8 heteroatoms. The van der Waals surface area contributed by atoms with Gasteiger partial charge >= 0.3 is 5.97 Å². The largest absolute Gasteiger partial charge is 0.462 e. The van der Waals surface area contributed by atoms with Crippen molar-refractivity contribution in [1.82, 2.24) is 5.32 Å². The molecule has 0 rings (SSSR count). The van der Waals surface area contributed by atoms with E-state index in [-0.39, 0.29) is 18.9 Å². The molecule has 0 aromatic carbocycles. The van der Waals surface area contributed by atoms with Gasteiger partial charge in [0.05, 0.1) is 12.3 Å². The number of amides is 1. The number of esters is 1. The molecule has 1 unspecified atom stereocenters. The van der Waals surface area contributed by atoms with E-state index in [4.69, 9.17) is 14.9 Å². The van der Waals surface area contributed by atoms with Crippen molar-refractivity contribution in [3.8, 4) is 0 Å². The quantitative estimate of drug-likeness (QED) is 0.336. The Morgan fingerprint density at radius 3 is 2.33 bits per heavy atom. The zero-order valence-electron chi connectivity index (χ0n) is 13.2. The second kappa shape index (κ2) is 8.56. The summed E-state index contributed by atoms with van der Waals surface area (Å²) in [4.78, 5) is 35.3. The van der Waals surface area contributed by atoms with E-state index in [1.165, 1.54) is 15.0 Å². The van der Waals surface area contributed by atoms with Crippen LogP contribution in [0.4, 0.5) is 0 Å². The Morgan fingerprint density at radius 2 is 1.90 bits per heavy atom. The molecule has 0 saturated carbocycles. The highest BCUT2D eigenvalue weighted by Crippen LogP contribution is 2.14. The van der Waals surface area contributed by atoms with Crippen molar-refractivity contribution < 1.29 is 23.9 Å². The highest BCUT2D eigenvalue weighted by Gasteiger charge is 2.37. The normalized spacial score (nSPS) is 14.9. The van der Waals surface area contributed by atoms with Crippen LogP contribution < -0.4 is 5.32 Å². The van der Waals surface area contributed by atoms with Crippen LogP contribution in [-0.4, -0.2) is 56.5 Å². The third-order valence-corrected chi connectivity index (χ3v) is 2.95. The van der Waals surface area contributed by atoms with Crippen LogP contribution in [0.1, 0.15) is 33.6 Å². The van der Waals surface area contributed by atoms with Crippen molar-refractivity contribution in [2.75, 3.05) is 7.11 Å². The second-order valence-electron chi connectivity index (χ2n) is 5.26. The van der Waals surface area contributed by atoms with E-state index in [1.807, 2.05) is 0 Å². The zero-order chi connectivity index (χ0) is 16.6. The molecule has 2 atom stereocenters. The highest BCUT2D eigenvalue weighted by molar-refractivity contribution is 6.30. The Bertz CT molecular complexity index is 413. The summed E-state index contributed by atoms with van der Waals surface area (Å²) in [6.45, 7) is 4.94. The van der Waals surface area contributed by atoms with Crippen LogP contribution in [0.5, 0.6) is 0 Å². The summed E-state index contributed by atoms with van der Waals surface area (Å²) >= 11 is 0. The van der Waals surface area contributed by atoms with Gasteiger partial charge in [-0.1, -0.05) is 0 Å². The molecule has 0 aliphatic heterocycles. The monoisotopic (exact) mass is 298 g/mol. The Kier molecular flexibility index (Phi) is 7.87. The van der Waals surface area contributed by atoms with Crippen molar-refractivity contribution in [2.45, 2.75) is 51.3 Å². The summed E-state index contributed by atoms with van der Waals surface area (Å²) in [6, 6.07) is 0. The van der Waals surface area contributed by atoms with Crippen LogP contribution in [0.3, 0.4) is 0 Å². The lowest BCUT2D eigenvalue weighted by Gasteiger charge is -2.30. The molecule has 0 saturated heterocycles. The number of ether oxygens (including phenoxy) is 2. The fourth-order valence-corrected chi connectivity index (χ4v) is 1.49. The van der Waals surface area contributed by atoms with Crippen molar-refractivity contribution >= 4 is 31.7 Å². The number of methoxy groups -OCH3 is 1. The first-order chi connectivity index (χ1) is 9.66. The van der Waals surface area contributed by atoms with E-state index in [9.17, 15) is 14.4 Å². The predicted octanol–water partition coefficient (Wildman–Crippen LogP) is -0.583. The van der Waals surface area contributed by atoms with Crippen molar-refractivity contribution in [3.05, 3.63) is 0 Å². The number of hydrogen-bond acceptors (Lipinski definition) is 6. The Hall–Kier alpha value is -1.70. The molecule has 0 aromatic heterocycles. The molecule has 2 N–H and O–H groups in total. The minimum atomic E-state index is -1.34. The van der Waals surface area contributed by atoms with Crippen molar-refractivity contribution in [3.63, 3.8) is 0 Å². The number of rotatable bonds is 9. The number of Topliss-reactive ketones (excluding diaryl/α,β-unsaturated/α-hetero) is 1. The number of ketones is 1. The third-order valence-electron chi connectivity index (χ3n) is 2.95. The lowest BCUT2D eigenvalue weighted by atomic mass is 9.73. The molecule has 21 heavy (non-hydrogen) atoms. The molecule has 0 radical (unpaired) electrons. The lowest BCUT2D eigenvalue weighted by Crippen LogP contribution is -2.58. The molecule has 0 aromatic rings. The first kappa shape index (κ1) is 19.3. The topological polar surface area (TPSA) is 106 Å². The minimum Gasteiger partial charge on any atom is -0.462 e. The molecule has 0 heterocycles. The van der Waals surface area contributed by atoms with Crippen LogP contribution in [0, 0.1) is 5.41 Å². The summed E-state index contributed by atoms with van der Waals surface area (Å²) < 4.78 is 10.0. The van der Waals surface area contributed by atoms with Gasteiger partial charge in [0.2, 0.25) is 5.91 Å². The molecule has 0 aliphatic rings. The average Bonchev–Trinajstić information content (AvgIpc) is 2.42. The second-order valence-corrected chi connectivity index (χ2v) is 5.26. The van der Waals surface area contributed by atoms with E-state index in [1.54, 1.807) is 20.8 Å². The van der Waals surface area contributed by atoms with Crippen molar-refractivity contribution in [1.29, 1.82) is 5.41 Å².